The Bertz CT molecular complexity index is 1030. The quantitative estimate of drug-likeness (QED) is 0.725. The second-order valence-electron chi connectivity index (χ2n) is 6.00. The van der Waals surface area contributed by atoms with E-state index in [1.165, 1.54) is 11.8 Å². The molecule has 0 unspecified atom stereocenters. The maximum Gasteiger partial charge on any atom is 0.301 e. The second-order valence-corrected chi connectivity index (χ2v) is 6.00. The summed E-state index contributed by atoms with van der Waals surface area (Å²) in [7, 11) is 1.53. The van der Waals surface area contributed by atoms with E-state index in [-0.39, 0.29) is 17.2 Å². The van der Waals surface area contributed by atoms with E-state index in [4.69, 9.17) is 4.74 Å². The van der Waals surface area contributed by atoms with Gasteiger partial charge in [0.2, 0.25) is 5.88 Å². The van der Waals surface area contributed by atoms with E-state index < -0.39 is 0 Å². The summed E-state index contributed by atoms with van der Waals surface area (Å²) in [6.45, 7) is 7.44. The minimum absolute atomic E-state index is 0.204. The molecule has 8 heteroatoms. The van der Waals surface area contributed by atoms with Crippen LogP contribution < -0.4 is 10.3 Å². The van der Waals surface area contributed by atoms with E-state index in [0.29, 0.717) is 17.3 Å². The SMILES string of the molecule is COc1nc(-n2[nH]c(C)c(N=Nc3ccc(C)cc3)c2=O)nc(C)c1C. The van der Waals surface area contributed by atoms with Crippen LogP contribution >= 0.6 is 0 Å². The molecule has 0 saturated heterocycles. The lowest BCUT2D eigenvalue weighted by Gasteiger charge is -2.08. The number of hydrogen-bond donors (Lipinski definition) is 1. The molecule has 0 spiro atoms. The number of azo groups is 1. The van der Waals surface area contributed by atoms with E-state index in [0.717, 1.165) is 16.8 Å². The first-order valence-electron chi connectivity index (χ1n) is 8.10. The summed E-state index contributed by atoms with van der Waals surface area (Å²) in [6.07, 6.45) is 0. The van der Waals surface area contributed by atoms with Gasteiger partial charge >= 0.3 is 5.56 Å². The number of nitrogens with one attached hydrogen (secondary N) is 1. The average Bonchev–Trinajstić information content (AvgIpc) is 2.91. The number of ether oxygens (including phenoxy) is 1. The molecule has 134 valence electrons. The second kappa shape index (κ2) is 6.91. The van der Waals surface area contributed by atoms with Crippen molar-refractivity contribution in [2.45, 2.75) is 27.7 Å². The monoisotopic (exact) mass is 352 g/mol. The molecular formula is C18H20N6O2. The molecule has 0 amide bonds. The van der Waals surface area contributed by atoms with Crippen molar-refractivity contribution in [2.75, 3.05) is 7.11 Å². The Morgan fingerprint density at radius 2 is 1.73 bits per heavy atom. The van der Waals surface area contributed by atoms with Gasteiger partial charge in [-0.25, -0.2) is 4.98 Å². The Balaban J connectivity index is 2.02. The first-order chi connectivity index (χ1) is 12.4. The molecule has 3 rings (SSSR count). The van der Waals surface area contributed by atoms with Crippen molar-refractivity contribution in [3.05, 3.63) is 57.1 Å². The standard InChI is InChI=1S/C18H20N6O2/c1-10-6-8-14(9-7-10)21-22-15-13(4)23-24(17(15)25)18-19-12(3)11(2)16(20-18)26-5/h6-9,23H,1-5H3. The molecule has 0 bridgehead atoms. The number of aromatic nitrogens is 4. The molecule has 0 aliphatic carbocycles. The predicted molar refractivity (Wildman–Crippen MR) is 98.1 cm³/mol. The fraction of sp³-hybridized carbons (Fsp3) is 0.278. The Hall–Kier alpha value is -3.29. The Morgan fingerprint density at radius 1 is 1.04 bits per heavy atom. The van der Waals surface area contributed by atoms with Crippen LogP contribution in [0.1, 0.15) is 22.5 Å². The summed E-state index contributed by atoms with van der Waals surface area (Å²) in [6, 6.07) is 7.56. The normalized spacial score (nSPS) is 11.3. The minimum atomic E-state index is -0.372. The third-order valence-corrected chi connectivity index (χ3v) is 4.07. The van der Waals surface area contributed by atoms with E-state index in [1.54, 1.807) is 6.92 Å². The van der Waals surface area contributed by atoms with Crippen LogP contribution in [0, 0.1) is 27.7 Å². The van der Waals surface area contributed by atoms with Gasteiger partial charge in [-0.1, -0.05) is 17.7 Å². The largest absolute Gasteiger partial charge is 0.481 e. The highest BCUT2D eigenvalue weighted by Gasteiger charge is 2.16. The average molecular weight is 352 g/mol. The molecule has 0 radical (unpaired) electrons. The zero-order valence-corrected chi connectivity index (χ0v) is 15.4. The Morgan fingerprint density at radius 3 is 2.38 bits per heavy atom. The summed E-state index contributed by atoms with van der Waals surface area (Å²) < 4.78 is 6.50. The van der Waals surface area contributed by atoms with Crippen molar-refractivity contribution < 1.29 is 4.74 Å². The summed E-state index contributed by atoms with van der Waals surface area (Å²) in [5.41, 5.74) is 3.78. The minimum Gasteiger partial charge on any atom is -0.481 e. The van der Waals surface area contributed by atoms with E-state index >= 15 is 0 Å². The maximum absolute atomic E-state index is 12.7. The van der Waals surface area contributed by atoms with Crippen molar-refractivity contribution in [2.24, 2.45) is 10.2 Å². The summed E-state index contributed by atoms with van der Waals surface area (Å²) in [5, 5.41) is 11.2. The number of methoxy groups -OCH3 is 1. The number of rotatable bonds is 4. The van der Waals surface area contributed by atoms with Gasteiger partial charge in [-0.05, 0) is 39.8 Å². The third-order valence-electron chi connectivity index (χ3n) is 4.07. The van der Waals surface area contributed by atoms with Crippen molar-refractivity contribution in [3.63, 3.8) is 0 Å². The van der Waals surface area contributed by atoms with Crippen LogP contribution in [0.15, 0.2) is 39.3 Å². The molecular weight excluding hydrogens is 332 g/mol. The lowest BCUT2D eigenvalue weighted by molar-refractivity contribution is 0.391. The maximum atomic E-state index is 12.7. The molecule has 2 aromatic heterocycles. The number of benzene rings is 1. The molecule has 0 aliphatic heterocycles. The van der Waals surface area contributed by atoms with Gasteiger partial charge < -0.3 is 4.74 Å². The molecule has 0 aliphatic rings. The van der Waals surface area contributed by atoms with Crippen LogP contribution in [0.3, 0.4) is 0 Å². The van der Waals surface area contributed by atoms with Crippen LogP contribution in [0.2, 0.25) is 0 Å². The fourth-order valence-corrected chi connectivity index (χ4v) is 2.40. The van der Waals surface area contributed by atoms with Crippen molar-refractivity contribution in [1.82, 2.24) is 19.7 Å². The summed E-state index contributed by atoms with van der Waals surface area (Å²) in [4.78, 5) is 21.4. The number of H-pyrrole nitrogens is 1. The Kier molecular flexibility index (Phi) is 4.66. The van der Waals surface area contributed by atoms with Gasteiger partial charge in [0, 0.05) is 11.3 Å². The van der Waals surface area contributed by atoms with Crippen molar-refractivity contribution >= 4 is 11.4 Å². The van der Waals surface area contributed by atoms with E-state index in [9.17, 15) is 4.79 Å². The molecule has 26 heavy (non-hydrogen) atoms. The van der Waals surface area contributed by atoms with Crippen LogP contribution in [-0.4, -0.2) is 26.9 Å². The number of nitrogens with zero attached hydrogens (tertiary/aromatic N) is 5. The smallest absolute Gasteiger partial charge is 0.301 e. The predicted octanol–water partition coefficient (Wildman–Crippen LogP) is 3.61. The number of aromatic amines is 1. The highest BCUT2D eigenvalue weighted by molar-refractivity contribution is 5.43. The fourth-order valence-electron chi connectivity index (χ4n) is 2.40. The van der Waals surface area contributed by atoms with Gasteiger partial charge in [-0.3, -0.25) is 9.89 Å². The summed E-state index contributed by atoms with van der Waals surface area (Å²) in [5.74, 6) is 0.629. The zero-order valence-electron chi connectivity index (χ0n) is 15.4. The topological polar surface area (TPSA) is 97.5 Å². The van der Waals surface area contributed by atoms with Gasteiger partial charge in [0.1, 0.15) is 0 Å². The van der Waals surface area contributed by atoms with Gasteiger partial charge in [0.25, 0.3) is 5.95 Å². The zero-order chi connectivity index (χ0) is 18.8. The van der Waals surface area contributed by atoms with Crippen molar-refractivity contribution in [1.29, 1.82) is 0 Å². The van der Waals surface area contributed by atoms with Gasteiger partial charge in [-0.2, -0.15) is 14.8 Å². The first kappa shape index (κ1) is 17.5. The summed E-state index contributed by atoms with van der Waals surface area (Å²) >= 11 is 0. The highest BCUT2D eigenvalue weighted by atomic mass is 16.5. The number of hydrogen-bond acceptors (Lipinski definition) is 6. The van der Waals surface area contributed by atoms with Crippen LogP contribution in [0.5, 0.6) is 5.88 Å². The molecule has 1 N–H and O–H groups in total. The van der Waals surface area contributed by atoms with Crippen molar-refractivity contribution in [3.8, 4) is 11.8 Å². The molecule has 0 saturated carbocycles. The molecule has 0 fully saturated rings. The highest BCUT2D eigenvalue weighted by Crippen LogP contribution is 2.21. The molecule has 2 heterocycles. The van der Waals surface area contributed by atoms with Crippen LogP contribution in [0.25, 0.3) is 5.95 Å². The third kappa shape index (κ3) is 3.26. The lowest BCUT2D eigenvalue weighted by Crippen LogP contribution is -2.18. The molecule has 3 aromatic rings. The first-order valence-corrected chi connectivity index (χ1v) is 8.10. The Labute approximate surface area is 150 Å². The molecule has 1 aromatic carbocycles. The molecule has 8 nitrogen and oxygen atoms in total. The van der Waals surface area contributed by atoms with E-state index in [2.05, 4.69) is 25.3 Å². The van der Waals surface area contributed by atoms with Gasteiger partial charge in [0.15, 0.2) is 5.69 Å². The van der Waals surface area contributed by atoms with Gasteiger partial charge in [0.05, 0.1) is 18.5 Å². The van der Waals surface area contributed by atoms with E-state index in [1.807, 2.05) is 45.0 Å². The van der Waals surface area contributed by atoms with Gasteiger partial charge in [-0.15, -0.1) is 5.11 Å². The van der Waals surface area contributed by atoms with Crippen LogP contribution in [0.4, 0.5) is 11.4 Å². The van der Waals surface area contributed by atoms with Crippen LogP contribution in [-0.2, 0) is 0 Å². The lowest BCUT2D eigenvalue weighted by atomic mass is 10.2. The number of aryl methyl sites for hydroxylation is 3. The molecule has 0 atom stereocenters.